The van der Waals surface area contributed by atoms with E-state index in [1.807, 2.05) is 6.07 Å². The van der Waals surface area contributed by atoms with Crippen molar-refractivity contribution < 1.29 is 23.5 Å². The van der Waals surface area contributed by atoms with Crippen LogP contribution in [0.4, 0.5) is 4.39 Å². The zero-order valence-electron chi connectivity index (χ0n) is 14.9. The van der Waals surface area contributed by atoms with E-state index < -0.39 is 11.4 Å². The highest BCUT2D eigenvalue weighted by atomic mass is 19.1. The van der Waals surface area contributed by atoms with Gasteiger partial charge in [0, 0.05) is 7.05 Å². The van der Waals surface area contributed by atoms with E-state index in [9.17, 15) is 14.0 Å². The number of rotatable bonds is 6. The van der Waals surface area contributed by atoms with Gasteiger partial charge < -0.3 is 14.4 Å². The number of nitrogens with zero attached hydrogens (tertiary/aromatic N) is 1. The number of hydrogen-bond donors (Lipinski definition) is 1. The van der Waals surface area contributed by atoms with E-state index in [1.165, 1.54) is 18.2 Å². The minimum absolute atomic E-state index is 0.0149. The molecule has 0 atom stereocenters. The molecule has 0 unspecified atom stereocenters. The van der Waals surface area contributed by atoms with E-state index in [4.69, 9.17) is 9.52 Å². The molecule has 1 aliphatic carbocycles. The highest BCUT2D eigenvalue weighted by Gasteiger charge is 2.45. The summed E-state index contributed by atoms with van der Waals surface area (Å²) in [4.78, 5) is 25.7. The largest absolute Gasteiger partial charge is 0.478 e. The van der Waals surface area contributed by atoms with E-state index in [1.54, 1.807) is 24.9 Å². The van der Waals surface area contributed by atoms with Crippen molar-refractivity contribution in [2.45, 2.75) is 39.2 Å². The van der Waals surface area contributed by atoms with E-state index in [0.717, 1.165) is 24.8 Å². The molecule has 1 saturated carbocycles. The van der Waals surface area contributed by atoms with Crippen molar-refractivity contribution in [2.24, 2.45) is 5.41 Å². The van der Waals surface area contributed by atoms with Crippen LogP contribution < -0.4 is 0 Å². The predicted octanol–water partition coefficient (Wildman–Crippen LogP) is 3.80. The van der Waals surface area contributed by atoms with E-state index in [2.05, 4.69) is 0 Å². The third-order valence-electron chi connectivity index (χ3n) is 5.13. The third-order valence-corrected chi connectivity index (χ3v) is 5.13. The monoisotopic (exact) mass is 359 g/mol. The first-order valence-corrected chi connectivity index (χ1v) is 8.63. The summed E-state index contributed by atoms with van der Waals surface area (Å²) in [5, 5.41) is 9.11. The lowest BCUT2D eigenvalue weighted by Gasteiger charge is -2.42. The lowest BCUT2D eigenvalue weighted by molar-refractivity contribution is -0.146. The van der Waals surface area contributed by atoms with Gasteiger partial charge in [0.2, 0.25) is 5.91 Å². The molecule has 1 aromatic heterocycles. The number of carbonyl (C=O) groups is 2. The molecular weight excluding hydrogens is 337 g/mol. The van der Waals surface area contributed by atoms with Gasteiger partial charge in [0.25, 0.3) is 0 Å². The van der Waals surface area contributed by atoms with Crippen molar-refractivity contribution in [2.75, 3.05) is 7.05 Å². The predicted molar refractivity (Wildman–Crippen MR) is 93.3 cm³/mol. The average Bonchev–Trinajstić information content (AvgIpc) is 2.91. The Hall–Kier alpha value is -2.63. The number of furan rings is 1. The first kappa shape index (κ1) is 18.2. The molecule has 0 saturated heterocycles. The van der Waals surface area contributed by atoms with E-state index >= 15 is 0 Å². The Balaban J connectivity index is 1.73. The lowest BCUT2D eigenvalue weighted by atomic mass is 9.64. The van der Waals surface area contributed by atoms with Crippen molar-refractivity contribution in [1.82, 2.24) is 4.90 Å². The summed E-state index contributed by atoms with van der Waals surface area (Å²) in [6, 6.07) is 7.82. The Bertz CT molecular complexity index is 838. The van der Waals surface area contributed by atoms with Gasteiger partial charge in [0.1, 0.15) is 22.9 Å². The quantitative estimate of drug-likeness (QED) is 0.852. The summed E-state index contributed by atoms with van der Waals surface area (Å²) in [6.45, 7) is 1.80. The summed E-state index contributed by atoms with van der Waals surface area (Å²) in [6.07, 6.45) is 3.01. The molecular formula is C20H22FNO4. The van der Waals surface area contributed by atoms with Crippen molar-refractivity contribution in [3.8, 4) is 0 Å². The summed E-state index contributed by atoms with van der Waals surface area (Å²) < 4.78 is 18.9. The Morgan fingerprint density at radius 3 is 2.58 bits per heavy atom. The number of aromatic carboxylic acids is 1. The smallest absolute Gasteiger partial charge is 0.339 e. The number of carbonyl (C=O) groups excluding carboxylic acids is 1. The molecule has 6 heteroatoms. The average molecular weight is 359 g/mol. The summed E-state index contributed by atoms with van der Waals surface area (Å²) in [5.41, 5.74) is 0.409. The van der Waals surface area contributed by atoms with Crippen LogP contribution in [0.2, 0.25) is 0 Å². The fourth-order valence-corrected chi connectivity index (χ4v) is 3.65. The Labute approximate surface area is 151 Å². The van der Waals surface area contributed by atoms with Gasteiger partial charge in [-0.05, 0) is 49.9 Å². The zero-order valence-corrected chi connectivity index (χ0v) is 14.9. The van der Waals surface area contributed by atoms with Gasteiger partial charge in [-0.1, -0.05) is 18.6 Å². The second kappa shape index (κ2) is 6.94. The van der Waals surface area contributed by atoms with Crippen LogP contribution in [0.1, 0.15) is 46.7 Å². The second-order valence-corrected chi connectivity index (χ2v) is 7.09. The molecule has 5 nitrogen and oxygen atoms in total. The maximum Gasteiger partial charge on any atom is 0.339 e. The van der Waals surface area contributed by atoms with Crippen LogP contribution in [0.3, 0.4) is 0 Å². The molecule has 1 fully saturated rings. The second-order valence-electron chi connectivity index (χ2n) is 7.09. The molecule has 1 aromatic carbocycles. The fraction of sp³-hybridized carbons (Fsp3) is 0.400. The molecule has 2 aromatic rings. The maximum absolute atomic E-state index is 13.5. The molecule has 1 aliphatic rings. The maximum atomic E-state index is 13.5. The Kier molecular flexibility index (Phi) is 4.85. The van der Waals surface area contributed by atoms with Crippen LogP contribution in [0.5, 0.6) is 0 Å². The summed E-state index contributed by atoms with van der Waals surface area (Å²) >= 11 is 0. The van der Waals surface area contributed by atoms with Gasteiger partial charge in [-0.15, -0.1) is 0 Å². The molecule has 0 aliphatic heterocycles. The molecule has 0 spiro atoms. The number of carboxylic acid groups (broad SMARTS) is 1. The summed E-state index contributed by atoms with van der Waals surface area (Å²) in [7, 11) is 1.69. The van der Waals surface area contributed by atoms with Crippen LogP contribution in [0, 0.1) is 18.2 Å². The SMILES string of the molecule is Cc1oc(CN(C)C(=O)C2(Cc3cccc(F)c3)CCC2)cc1C(=O)O. The van der Waals surface area contributed by atoms with Gasteiger partial charge >= 0.3 is 5.97 Å². The van der Waals surface area contributed by atoms with E-state index in [-0.39, 0.29) is 23.8 Å². The fourth-order valence-electron chi connectivity index (χ4n) is 3.65. The first-order valence-electron chi connectivity index (χ1n) is 8.63. The molecule has 1 heterocycles. The minimum atomic E-state index is -1.05. The van der Waals surface area contributed by atoms with Gasteiger partial charge in [0.05, 0.1) is 12.0 Å². The molecule has 3 rings (SSSR count). The molecule has 138 valence electrons. The standard InChI is InChI=1S/C20H22FNO4/c1-13-17(18(23)24)10-16(26-13)12-22(2)19(25)20(7-4-8-20)11-14-5-3-6-15(21)9-14/h3,5-6,9-10H,4,7-8,11-12H2,1-2H3,(H,23,24). The number of halogens is 1. The van der Waals surface area contributed by atoms with Crippen molar-refractivity contribution in [3.05, 3.63) is 58.8 Å². The van der Waals surface area contributed by atoms with Gasteiger partial charge in [-0.2, -0.15) is 0 Å². The summed E-state index contributed by atoms with van der Waals surface area (Å²) in [5.74, 6) is -0.598. The number of hydrogen-bond acceptors (Lipinski definition) is 3. The van der Waals surface area contributed by atoms with Crippen molar-refractivity contribution in [3.63, 3.8) is 0 Å². The number of aryl methyl sites for hydroxylation is 1. The van der Waals surface area contributed by atoms with Crippen LogP contribution in [0.15, 0.2) is 34.7 Å². The topological polar surface area (TPSA) is 70.8 Å². The van der Waals surface area contributed by atoms with Crippen molar-refractivity contribution in [1.29, 1.82) is 0 Å². The van der Waals surface area contributed by atoms with Crippen LogP contribution in [-0.2, 0) is 17.8 Å². The Morgan fingerprint density at radius 1 is 1.31 bits per heavy atom. The van der Waals surface area contributed by atoms with Crippen LogP contribution in [0.25, 0.3) is 0 Å². The third kappa shape index (κ3) is 3.49. The highest BCUT2D eigenvalue weighted by Crippen LogP contribution is 2.45. The van der Waals surface area contributed by atoms with Gasteiger partial charge in [-0.25, -0.2) is 9.18 Å². The lowest BCUT2D eigenvalue weighted by Crippen LogP contribution is -2.47. The number of amides is 1. The highest BCUT2D eigenvalue weighted by molar-refractivity contribution is 5.89. The normalized spacial score (nSPS) is 15.3. The van der Waals surface area contributed by atoms with Gasteiger partial charge in [-0.3, -0.25) is 4.79 Å². The minimum Gasteiger partial charge on any atom is -0.478 e. The number of carboxylic acids is 1. The molecule has 0 bridgehead atoms. The van der Waals surface area contributed by atoms with Gasteiger partial charge in [0.15, 0.2) is 0 Å². The molecule has 1 N–H and O–H groups in total. The van der Waals surface area contributed by atoms with Crippen LogP contribution >= 0.6 is 0 Å². The first-order chi connectivity index (χ1) is 12.3. The van der Waals surface area contributed by atoms with Crippen molar-refractivity contribution >= 4 is 11.9 Å². The molecule has 1 amide bonds. The molecule has 0 radical (unpaired) electrons. The molecule has 26 heavy (non-hydrogen) atoms. The van der Waals surface area contributed by atoms with Crippen LogP contribution in [-0.4, -0.2) is 28.9 Å². The Morgan fingerprint density at radius 2 is 2.04 bits per heavy atom. The zero-order chi connectivity index (χ0) is 18.9. The number of benzene rings is 1. The van der Waals surface area contributed by atoms with E-state index in [0.29, 0.717) is 17.9 Å².